The molecular formula is C15H17NO3. The highest BCUT2D eigenvalue weighted by Gasteiger charge is 2.15. The van der Waals surface area contributed by atoms with Crippen molar-refractivity contribution in [2.24, 2.45) is 0 Å². The second-order valence-electron chi connectivity index (χ2n) is 4.29. The van der Waals surface area contributed by atoms with Gasteiger partial charge in [-0.3, -0.25) is 4.79 Å². The first kappa shape index (κ1) is 13.2. The summed E-state index contributed by atoms with van der Waals surface area (Å²) >= 11 is 0. The van der Waals surface area contributed by atoms with E-state index in [1.165, 1.54) is 0 Å². The van der Waals surface area contributed by atoms with Crippen molar-refractivity contribution in [3.8, 4) is 5.75 Å². The molecule has 1 N–H and O–H groups in total. The summed E-state index contributed by atoms with van der Waals surface area (Å²) in [5, 5.41) is 9.68. The van der Waals surface area contributed by atoms with Crippen molar-refractivity contribution in [1.29, 1.82) is 0 Å². The second kappa shape index (κ2) is 6.09. The Morgan fingerprint density at radius 2 is 2.05 bits per heavy atom. The maximum absolute atomic E-state index is 12.2. The highest BCUT2D eigenvalue weighted by Crippen LogP contribution is 2.17. The molecular weight excluding hydrogens is 242 g/mol. The molecule has 0 atom stereocenters. The van der Waals surface area contributed by atoms with E-state index in [1.54, 1.807) is 35.4 Å². The number of phenols is 1. The molecule has 0 saturated carbocycles. The fraction of sp³-hybridized carbons (Fsp3) is 0.267. The fourth-order valence-corrected chi connectivity index (χ4v) is 1.90. The van der Waals surface area contributed by atoms with Gasteiger partial charge in [0, 0.05) is 12.1 Å². The predicted molar refractivity (Wildman–Crippen MR) is 71.6 cm³/mol. The lowest BCUT2D eigenvalue weighted by Gasteiger charge is -2.19. The van der Waals surface area contributed by atoms with Gasteiger partial charge in [-0.1, -0.05) is 18.2 Å². The number of amides is 1. The van der Waals surface area contributed by atoms with E-state index in [1.807, 2.05) is 19.1 Å². The number of likely N-dealkylation sites (N-methyl/N-ethyl adjacent to an activating group) is 1. The van der Waals surface area contributed by atoms with Gasteiger partial charge in [-0.15, -0.1) is 0 Å². The lowest BCUT2D eigenvalue weighted by Crippen LogP contribution is -2.31. The van der Waals surface area contributed by atoms with Crippen LogP contribution in [0.4, 0.5) is 0 Å². The number of phenolic OH excluding ortho intramolecular Hbond substituents is 1. The molecule has 4 nitrogen and oxygen atoms in total. The Morgan fingerprint density at radius 3 is 2.68 bits per heavy atom. The number of para-hydroxylation sites is 1. The maximum Gasteiger partial charge on any atom is 0.227 e. The topological polar surface area (TPSA) is 53.7 Å². The minimum absolute atomic E-state index is 0.0274. The zero-order valence-corrected chi connectivity index (χ0v) is 10.9. The number of carbonyl (C=O) groups is 1. The van der Waals surface area contributed by atoms with Crippen LogP contribution in [0.15, 0.2) is 47.1 Å². The monoisotopic (exact) mass is 259 g/mol. The summed E-state index contributed by atoms with van der Waals surface area (Å²) in [6.45, 7) is 2.98. The van der Waals surface area contributed by atoms with Crippen LogP contribution in [0.2, 0.25) is 0 Å². The molecule has 1 heterocycles. The zero-order chi connectivity index (χ0) is 13.7. The molecule has 4 heteroatoms. The van der Waals surface area contributed by atoms with Crippen molar-refractivity contribution in [1.82, 2.24) is 4.90 Å². The molecule has 19 heavy (non-hydrogen) atoms. The molecule has 0 fully saturated rings. The van der Waals surface area contributed by atoms with E-state index >= 15 is 0 Å². The molecule has 1 amide bonds. The Bertz CT molecular complexity index is 534. The molecule has 0 aliphatic heterocycles. The summed E-state index contributed by atoms with van der Waals surface area (Å²) in [7, 11) is 0. The van der Waals surface area contributed by atoms with Crippen LogP contribution < -0.4 is 0 Å². The number of nitrogens with zero attached hydrogens (tertiary/aromatic N) is 1. The van der Waals surface area contributed by atoms with E-state index in [4.69, 9.17) is 4.42 Å². The van der Waals surface area contributed by atoms with Crippen molar-refractivity contribution in [3.05, 3.63) is 54.0 Å². The first-order valence-corrected chi connectivity index (χ1v) is 6.27. The smallest absolute Gasteiger partial charge is 0.227 e. The molecule has 100 valence electrons. The van der Waals surface area contributed by atoms with E-state index in [2.05, 4.69) is 0 Å². The molecule has 0 bridgehead atoms. The minimum Gasteiger partial charge on any atom is -0.508 e. The van der Waals surface area contributed by atoms with Gasteiger partial charge in [0.2, 0.25) is 5.91 Å². The Balaban J connectivity index is 2.03. The number of furan rings is 1. The third-order valence-electron chi connectivity index (χ3n) is 2.99. The average Bonchev–Trinajstić information content (AvgIpc) is 2.91. The van der Waals surface area contributed by atoms with Crippen molar-refractivity contribution in [2.45, 2.75) is 19.9 Å². The summed E-state index contributed by atoms with van der Waals surface area (Å²) in [5.74, 6) is 0.887. The van der Waals surface area contributed by atoms with E-state index in [0.717, 1.165) is 5.76 Å². The lowest BCUT2D eigenvalue weighted by molar-refractivity contribution is -0.131. The molecule has 0 spiro atoms. The van der Waals surface area contributed by atoms with Gasteiger partial charge < -0.3 is 14.4 Å². The SMILES string of the molecule is CCN(Cc1ccco1)C(=O)Cc1ccccc1O. The van der Waals surface area contributed by atoms with Gasteiger partial charge in [-0.2, -0.15) is 0 Å². The summed E-state index contributed by atoms with van der Waals surface area (Å²) < 4.78 is 5.25. The molecule has 0 aliphatic carbocycles. The molecule has 1 aromatic heterocycles. The fourth-order valence-electron chi connectivity index (χ4n) is 1.90. The van der Waals surface area contributed by atoms with E-state index < -0.39 is 0 Å². The highest BCUT2D eigenvalue weighted by atomic mass is 16.3. The van der Waals surface area contributed by atoms with E-state index in [0.29, 0.717) is 18.7 Å². The summed E-state index contributed by atoms with van der Waals surface area (Å²) in [4.78, 5) is 13.9. The van der Waals surface area contributed by atoms with Gasteiger partial charge in [0.1, 0.15) is 11.5 Å². The predicted octanol–water partition coefficient (Wildman–Crippen LogP) is 2.58. The lowest BCUT2D eigenvalue weighted by atomic mass is 10.1. The minimum atomic E-state index is -0.0274. The van der Waals surface area contributed by atoms with Gasteiger partial charge >= 0.3 is 0 Å². The van der Waals surface area contributed by atoms with Crippen molar-refractivity contribution in [2.75, 3.05) is 6.54 Å². The standard InChI is InChI=1S/C15H17NO3/c1-2-16(11-13-7-5-9-19-13)15(18)10-12-6-3-4-8-14(12)17/h3-9,17H,2,10-11H2,1H3. The molecule has 0 unspecified atom stereocenters. The van der Waals surface area contributed by atoms with Gasteiger partial charge in [-0.05, 0) is 25.1 Å². The van der Waals surface area contributed by atoms with Gasteiger partial charge in [-0.25, -0.2) is 0 Å². The molecule has 2 aromatic rings. The largest absolute Gasteiger partial charge is 0.508 e. The highest BCUT2D eigenvalue weighted by molar-refractivity contribution is 5.79. The summed E-state index contributed by atoms with van der Waals surface area (Å²) in [6.07, 6.45) is 1.79. The normalized spacial score (nSPS) is 10.4. The Morgan fingerprint density at radius 1 is 1.26 bits per heavy atom. The summed E-state index contributed by atoms with van der Waals surface area (Å²) in [5.41, 5.74) is 0.644. The van der Waals surface area contributed by atoms with Gasteiger partial charge in [0.25, 0.3) is 0 Å². The summed E-state index contributed by atoms with van der Waals surface area (Å²) in [6, 6.07) is 10.5. The van der Waals surface area contributed by atoms with Crippen LogP contribution in [0.1, 0.15) is 18.2 Å². The average molecular weight is 259 g/mol. The maximum atomic E-state index is 12.2. The van der Waals surface area contributed by atoms with E-state index in [9.17, 15) is 9.90 Å². The van der Waals surface area contributed by atoms with Crippen molar-refractivity contribution in [3.63, 3.8) is 0 Å². The number of rotatable bonds is 5. The first-order chi connectivity index (χ1) is 9.20. The van der Waals surface area contributed by atoms with Crippen LogP contribution in [0.3, 0.4) is 0 Å². The van der Waals surface area contributed by atoms with Crippen LogP contribution in [-0.4, -0.2) is 22.5 Å². The van der Waals surface area contributed by atoms with Crippen LogP contribution in [0.5, 0.6) is 5.75 Å². The van der Waals surface area contributed by atoms with Crippen LogP contribution in [0, 0.1) is 0 Å². The Hall–Kier alpha value is -2.23. The van der Waals surface area contributed by atoms with Crippen LogP contribution in [0.25, 0.3) is 0 Å². The molecule has 2 rings (SSSR count). The Kier molecular flexibility index (Phi) is 4.23. The number of carbonyl (C=O) groups excluding carboxylic acids is 1. The molecule has 0 radical (unpaired) electrons. The zero-order valence-electron chi connectivity index (χ0n) is 10.9. The van der Waals surface area contributed by atoms with E-state index in [-0.39, 0.29) is 18.1 Å². The number of aromatic hydroxyl groups is 1. The molecule has 1 aromatic carbocycles. The number of hydrogen-bond acceptors (Lipinski definition) is 3. The third kappa shape index (κ3) is 3.37. The number of hydrogen-bond donors (Lipinski definition) is 1. The Labute approximate surface area is 112 Å². The van der Waals surface area contributed by atoms with Crippen LogP contribution >= 0.6 is 0 Å². The van der Waals surface area contributed by atoms with Gasteiger partial charge in [0.15, 0.2) is 0 Å². The molecule has 0 saturated heterocycles. The quantitative estimate of drug-likeness (QED) is 0.897. The molecule has 0 aliphatic rings. The van der Waals surface area contributed by atoms with Crippen LogP contribution in [-0.2, 0) is 17.8 Å². The second-order valence-corrected chi connectivity index (χ2v) is 4.29. The van der Waals surface area contributed by atoms with Crippen molar-refractivity contribution >= 4 is 5.91 Å². The van der Waals surface area contributed by atoms with Gasteiger partial charge in [0.05, 0.1) is 19.2 Å². The number of benzene rings is 1. The van der Waals surface area contributed by atoms with Crippen molar-refractivity contribution < 1.29 is 14.3 Å². The first-order valence-electron chi connectivity index (χ1n) is 6.27. The third-order valence-corrected chi connectivity index (χ3v) is 2.99.